The molecule has 156 valence electrons. The van der Waals surface area contributed by atoms with Gasteiger partial charge in [0.15, 0.2) is 0 Å². The molecule has 2 aromatic carbocycles. The van der Waals surface area contributed by atoms with Crippen molar-refractivity contribution >= 4 is 34.3 Å². The molecule has 0 saturated carbocycles. The van der Waals surface area contributed by atoms with Crippen molar-refractivity contribution in [1.82, 2.24) is 4.98 Å². The van der Waals surface area contributed by atoms with Crippen molar-refractivity contribution in [3.05, 3.63) is 71.4 Å². The molecule has 0 unspecified atom stereocenters. The first kappa shape index (κ1) is 21.4. The van der Waals surface area contributed by atoms with Gasteiger partial charge in [-0.2, -0.15) is 13.2 Å². The molecule has 0 spiro atoms. The maximum Gasteiger partial charge on any atom is 0.416 e. The van der Waals surface area contributed by atoms with Crippen molar-refractivity contribution in [2.45, 2.75) is 25.9 Å². The highest BCUT2D eigenvalue weighted by molar-refractivity contribution is 6.05. The molecule has 1 aromatic heterocycles. The maximum absolute atomic E-state index is 12.6. The van der Waals surface area contributed by atoms with E-state index in [0.717, 1.165) is 41.6 Å². The molecule has 4 nitrogen and oxygen atoms in total. The summed E-state index contributed by atoms with van der Waals surface area (Å²) in [6.45, 7) is 2.07. The molecule has 7 heteroatoms. The lowest BCUT2D eigenvalue weighted by atomic mass is 10.1. The quantitative estimate of drug-likeness (QED) is 0.565. The van der Waals surface area contributed by atoms with Crippen LogP contribution in [0, 0.1) is 0 Å². The van der Waals surface area contributed by atoms with E-state index in [4.69, 9.17) is 5.73 Å². The van der Waals surface area contributed by atoms with Crippen LogP contribution in [0.3, 0.4) is 0 Å². The number of halogens is 3. The van der Waals surface area contributed by atoms with Gasteiger partial charge in [-0.25, -0.2) is 0 Å². The summed E-state index contributed by atoms with van der Waals surface area (Å²) >= 11 is 0. The number of fused-ring (bicyclic) bond motifs is 1. The smallest absolute Gasteiger partial charge is 0.398 e. The van der Waals surface area contributed by atoms with E-state index in [2.05, 4.69) is 11.9 Å². The summed E-state index contributed by atoms with van der Waals surface area (Å²) in [6.07, 6.45) is 0.224. The second-order valence-corrected chi connectivity index (χ2v) is 7.00. The van der Waals surface area contributed by atoms with Gasteiger partial charge in [-0.15, -0.1) is 0 Å². The Labute approximate surface area is 172 Å². The summed E-state index contributed by atoms with van der Waals surface area (Å²) in [4.78, 5) is 18.6. The van der Waals surface area contributed by atoms with Crippen LogP contribution in [0.25, 0.3) is 17.0 Å². The van der Waals surface area contributed by atoms with Gasteiger partial charge in [0.05, 0.1) is 11.1 Å². The number of alkyl halides is 3. The van der Waals surface area contributed by atoms with Crippen LogP contribution < -0.4 is 10.6 Å². The number of likely N-dealkylation sites (N-methyl/N-ethyl adjacent to an activating group) is 1. The standard InChI is InChI=1S/C23H22F3N3O/c1-3-4-17-13-20(27)19-14-18(10-11-21(19)28-17)29(2)22(30)12-7-15-5-8-16(9-6-15)23(24,25)26/h5-14H,3-4H2,1-2H3,(H2,27,28)/b12-7+. The van der Waals surface area contributed by atoms with Gasteiger partial charge < -0.3 is 10.6 Å². The molecule has 0 aliphatic heterocycles. The Morgan fingerprint density at radius 2 is 1.83 bits per heavy atom. The van der Waals surface area contributed by atoms with E-state index in [1.54, 1.807) is 19.2 Å². The highest BCUT2D eigenvalue weighted by Crippen LogP contribution is 2.29. The predicted octanol–water partition coefficient (Wildman–Crippen LogP) is 5.46. The Morgan fingerprint density at radius 1 is 1.13 bits per heavy atom. The molecule has 0 atom stereocenters. The largest absolute Gasteiger partial charge is 0.416 e. The number of carbonyl (C=O) groups is 1. The summed E-state index contributed by atoms with van der Waals surface area (Å²) in [7, 11) is 1.62. The first-order chi connectivity index (χ1) is 14.2. The molecule has 0 aliphatic carbocycles. The molecule has 3 rings (SSSR count). The van der Waals surface area contributed by atoms with Crippen molar-refractivity contribution in [1.29, 1.82) is 0 Å². The zero-order valence-electron chi connectivity index (χ0n) is 16.7. The fraction of sp³-hybridized carbons (Fsp3) is 0.217. The zero-order chi connectivity index (χ0) is 21.9. The minimum Gasteiger partial charge on any atom is -0.398 e. The third-order valence-electron chi connectivity index (χ3n) is 4.76. The van der Waals surface area contributed by atoms with Crippen LogP contribution in [0.5, 0.6) is 0 Å². The average Bonchev–Trinajstić information content (AvgIpc) is 2.71. The van der Waals surface area contributed by atoms with Gasteiger partial charge in [0, 0.05) is 35.6 Å². The highest BCUT2D eigenvalue weighted by Gasteiger charge is 2.29. The molecule has 3 aromatic rings. The van der Waals surface area contributed by atoms with Crippen molar-refractivity contribution in [3.63, 3.8) is 0 Å². The minimum atomic E-state index is -4.39. The van der Waals surface area contributed by atoms with Crippen LogP contribution in [0.2, 0.25) is 0 Å². The van der Waals surface area contributed by atoms with Gasteiger partial charge in [-0.3, -0.25) is 9.78 Å². The number of aryl methyl sites for hydroxylation is 1. The molecule has 1 amide bonds. The number of hydrogen-bond acceptors (Lipinski definition) is 3. The number of nitrogen functional groups attached to an aromatic ring is 1. The molecule has 0 aliphatic rings. The zero-order valence-corrected chi connectivity index (χ0v) is 16.7. The Morgan fingerprint density at radius 3 is 2.47 bits per heavy atom. The summed E-state index contributed by atoms with van der Waals surface area (Å²) in [5.74, 6) is -0.316. The number of hydrogen-bond donors (Lipinski definition) is 1. The number of anilines is 2. The van der Waals surface area contributed by atoms with E-state index < -0.39 is 11.7 Å². The van der Waals surface area contributed by atoms with Gasteiger partial charge >= 0.3 is 6.18 Å². The van der Waals surface area contributed by atoms with Crippen LogP contribution in [-0.4, -0.2) is 17.9 Å². The summed E-state index contributed by atoms with van der Waals surface area (Å²) in [5, 5.41) is 0.763. The SMILES string of the molecule is CCCc1cc(N)c2cc(N(C)C(=O)/C=C/c3ccc(C(F)(F)F)cc3)ccc2n1. The van der Waals surface area contributed by atoms with Crippen LogP contribution in [0.4, 0.5) is 24.5 Å². The van der Waals surface area contributed by atoms with Crippen molar-refractivity contribution in [3.8, 4) is 0 Å². The van der Waals surface area contributed by atoms with E-state index in [1.165, 1.54) is 29.2 Å². The Bertz CT molecular complexity index is 1090. The maximum atomic E-state index is 12.6. The number of nitrogens with zero attached hydrogens (tertiary/aromatic N) is 2. The number of pyridine rings is 1. The summed E-state index contributed by atoms with van der Waals surface area (Å²) < 4.78 is 37.9. The number of nitrogens with two attached hydrogens (primary N) is 1. The number of rotatable bonds is 5. The number of benzene rings is 2. The summed E-state index contributed by atoms with van der Waals surface area (Å²) in [5.41, 5.74) is 8.88. The second-order valence-electron chi connectivity index (χ2n) is 7.00. The number of amides is 1. The average molecular weight is 413 g/mol. The number of aromatic nitrogens is 1. The lowest BCUT2D eigenvalue weighted by Gasteiger charge is -2.16. The molecule has 0 fully saturated rings. The predicted molar refractivity (Wildman–Crippen MR) is 114 cm³/mol. The minimum absolute atomic E-state index is 0.316. The monoisotopic (exact) mass is 413 g/mol. The fourth-order valence-electron chi connectivity index (χ4n) is 3.08. The lowest BCUT2D eigenvalue weighted by Crippen LogP contribution is -2.23. The third-order valence-corrected chi connectivity index (χ3v) is 4.76. The van der Waals surface area contributed by atoms with E-state index in [9.17, 15) is 18.0 Å². The second kappa shape index (κ2) is 8.57. The molecular formula is C23H22F3N3O. The first-order valence-corrected chi connectivity index (χ1v) is 9.51. The van der Waals surface area contributed by atoms with Gasteiger partial charge in [-0.1, -0.05) is 25.5 Å². The topological polar surface area (TPSA) is 59.2 Å². The molecule has 30 heavy (non-hydrogen) atoms. The molecule has 0 saturated heterocycles. The number of carbonyl (C=O) groups excluding carboxylic acids is 1. The van der Waals surface area contributed by atoms with Gasteiger partial charge in [-0.05, 0) is 54.5 Å². The van der Waals surface area contributed by atoms with Gasteiger partial charge in [0.2, 0.25) is 0 Å². The highest BCUT2D eigenvalue weighted by atomic mass is 19.4. The third kappa shape index (κ3) is 4.79. The van der Waals surface area contributed by atoms with Crippen molar-refractivity contribution in [2.75, 3.05) is 17.7 Å². The molecular weight excluding hydrogens is 391 g/mol. The Hall–Kier alpha value is -3.35. The van der Waals surface area contributed by atoms with E-state index >= 15 is 0 Å². The summed E-state index contributed by atoms with van der Waals surface area (Å²) in [6, 6.07) is 11.9. The fourth-order valence-corrected chi connectivity index (χ4v) is 3.08. The van der Waals surface area contributed by atoms with Crippen LogP contribution >= 0.6 is 0 Å². The Kier molecular flexibility index (Phi) is 6.10. The van der Waals surface area contributed by atoms with E-state index in [0.29, 0.717) is 16.9 Å². The molecule has 1 heterocycles. The van der Waals surface area contributed by atoms with Gasteiger partial charge in [0.25, 0.3) is 5.91 Å². The van der Waals surface area contributed by atoms with Crippen molar-refractivity contribution < 1.29 is 18.0 Å². The van der Waals surface area contributed by atoms with E-state index in [1.807, 2.05) is 12.1 Å². The van der Waals surface area contributed by atoms with Crippen molar-refractivity contribution in [2.24, 2.45) is 0 Å². The molecule has 0 radical (unpaired) electrons. The normalized spacial score (nSPS) is 11.9. The molecule has 0 bridgehead atoms. The Balaban J connectivity index is 1.78. The first-order valence-electron chi connectivity index (χ1n) is 9.51. The van der Waals surface area contributed by atoms with Gasteiger partial charge in [0.1, 0.15) is 0 Å². The van der Waals surface area contributed by atoms with Crippen LogP contribution in [0.15, 0.2) is 54.6 Å². The molecule has 2 N–H and O–H groups in total. The van der Waals surface area contributed by atoms with Crippen LogP contribution in [-0.2, 0) is 17.4 Å². The lowest BCUT2D eigenvalue weighted by molar-refractivity contribution is -0.137. The van der Waals surface area contributed by atoms with E-state index in [-0.39, 0.29) is 5.91 Å². The van der Waals surface area contributed by atoms with Crippen LogP contribution in [0.1, 0.15) is 30.2 Å².